The first-order valence-electron chi connectivity index (χ1n) is 12.1. The molecular formula is C29H35NO5. The molecule has 0 aromatic heterocycles. The summed E-state index contributed by atoms with van der Waals surface area (Å²) in [5.41, 5.74) is 2.22. The van der Waals surface area contributed by atoms with E-state index < -0.39 is 12.2 Å². The van der Waals surface area contributed by atoms with Gasteiger partial charge in [0.1, 0.15) is 11.9 Å². The molecule has 0 unspecified atom stereocenters. The number of rotatable bonds is 2. The van der Waals surface area contributed by atoms with Gasteiger partial charge in [-0.3, -0.25) is 9.59 Å². The van der Waals surface area contributed by atoms with E-state index in [1.54, 1.807) is 12.2 Å². The van der Waals surface area contributed by atoms with Gasteiger partial charge in [0, 0.05) is 31.1 Å². The second kappa shape index (κ2) is 13.0. The molecule has 0 saturated heterocycles. The zero-order valence-electron chi connectivity index (χ0n) is 20.4. The van der Waals surface area contributed by atoms with Crippen LogP contribution in [0.4, 0.5) is 0 Å². The van der Waals surface area contributed by atoms with Crippen molar-refractivity contribution in [2.24, 2.45) is 5.92 Å². The molecule has 0 saturated carbocycles. The second-order valence-electron chi connectivity index (χ2n) is 9.03. The third kappa shape index (κ3) is 7.64. The van der Waals surface area contributed by atoms with Gasteiger partial charge in [-0.05, 0) is 38.2 Å². The lowest BCUT2D eigenvalue weighted by atomic mass is 9.92. The standard InChI is InChI=1S/C29H35NO5/c1-20-11-9-10-16-27(33)30-24(21-12-5-3-6-13-21)15-8-4-7-14-23(31)19-25(32)28-22(17-20)18-26(35-2)29(28)34/h3-6,8-13,16-17,22-24,26,31,34H,7,14-15,18-19H2,1-2H3,(H,30,33)/b8-4+,11-9+,16-10-,20-17+/t22-,23-,24+,26+/m0/s1. The lowest BCUT2D eigenvalue weighted by Gasteiger charge is -2.17. The van der Waals surface area contributed by atoms with Gasteiger partial charge >= 0.3 is 0 Å². The maximum absolute atomic E-state index is 13.0. The molecule has 0 fully saturated rings. The molecule has 3 N–H and O–H groups in total. The van der Waals surface area contributed by atoms with E-state index in [0.717, 1.165) is 11.1 Å². The number of carbonyl (C=O) groups is 2. The Hall–Kier alpha value is -3.22. The zero-order valence-corrected chi connectivity index (χ0v) is 20.4. The fraction of sp³-hybridized carbons (Fsp3) is 0.379. The van der Waals surface area contributed by atoms with Gasteiger partial charge in [-0.1, -0.05) is 72.4 Å². The topological polar surface area (TPSA) is 95.9 Å². The average Bonchev–Trinajstić information content (AvgIpc) is 3.15. The lowest BCUT2D eigenvalue weighted by molar-refractivity contribution is -0.118. The number of ether oxygens (including phenoxy) is 1. The van der Waals surface area contributed by atoms with Crippen LogP contribution in [0.2, 0.25) is 0 Å². The van der Waals surface area contributed by atoms with Crippen molar-refractivity contribution >= 4 is 11.7 Å². The number of carbonyl (C=O) groups excluding carboxylic acids is 2. The van der Waals surface area contributed by atoms with Crippen LogP contribution >= 0.6 is 0 Å². The van der Waals surface area contributed by atoms with Crippen molar-refractivity contribution in [3.05, 3.63) is 95.3 Å². The van der Waals surface area contributed by atoms with Crippen LogP contribution in [-0.4, -0.2) is 41.2 Å². The summed E-state index contributed by atoms with van der Waals surface area (Å²) in [4.78, 5) is 25.5. The molecule has 1 amide bonds. The number of methoxy groups -OCH3 is 1. The number of aliphatic hydroxyl groups is 2. The lowest BCUT2D eigenvalue weighted by Crippen LogP contribution is -2.26. The van der Waals surface area contributed by atoms with Crippen molar-refractivity contribution in [2.45, 2.75) is 57.3 Å². The number of hydrogen-bond donors (Lipinski definition) is 3. The number of fused-ring (bicyclic) bond motifs is 1. The summed E-state index contributed by atoms with van der Waals surface area (Å²) >= 11 is 0. The number of aliphatic hydroxyl groups excluding tert-OH is 2. The van der Waals surface area contributed by atoms with Crippen LogP contribution in [-0.2, 0) is 14.3 Å². The van der Waals surface area contributed by atoms with Crippen LogP contribution < -0.4 is 5.32 Å². The number of hydrogen-bond acceptors (Lipinski definition) is 5. The van der Waals surface area contributed by atoms with Crippen LogP contribution in [0.3, 0.4) is 0 Å². The van der Waals surface area contributed by atoms with Crippen LogP contribution in [0.1, 0.15) is 50.6 Å². The molecule has 6 heteroatoms. The van der Waals surface area contributed by atoms with Gasteiger partial charge < -0.3 is 20.3 Å². The normalized spacial score (nSPS) is 31.2. The Labute approximate surface area is 207 Å². The highest BCUT2D eigenvalue weighted by molar-refractivity contribution is 5.97. The molecule has 4 atom stereocenters. The summed E-state index contributed by atoms with van der Waals surface area (Å²) < 4.78 is 5.35. The summed E-state index contributed by atoms with van der Waals surface area (Å²) in [6.07, 6.45) is 13.4. The van der Waals surface area contributed by atoms with E-state index >= 15 is 0 Å². The van der Waals surface area contributed by atoms with E-state index in [9.17, 15) is 19.8 Å². The maximum atomic E-state index is 13.0. The Morgan fingerprint density at radius 3 is 2.54 bits per heavy atom. The Balaban J connectivity index is 1.84. The molecule has 186 valence electrons. The van der Waals surface area contributed by atoms with Gasteiger partial charge in [0.15, 0.2) is 5.78 Å². The summed E-state index contributed by atoms with van der Waals surface area (Å²) in [7, 11) is 1.51. The summed E-state index contributed by atoms with van der Waals surface area (Å²) in [5, 5.41) is 24.1. The molecule has 35 heavy (non-hydrogen) atoms. The predicted molar refractivity (Wildman–Crippen MR) is 137 cm³/mol. The highest BCUT2D eigenvalue weighted by atomic mass is 16.5. The summed E-state index contributed by atoms with van der Waals surface area (Å²) in [6.45, 7) is 1.90. The van der Waals surface area contributed by atoms with Crippen molar-refractivity contribution < 1.29 is 24.5 Å². The van der Waals surface area contributed by atoms with Gasteiger partial charge in [-0.25, -0.2) is 0 Å². The van der Waals surface area contributed by atoms with Crippen molar-refractivity contribution in [1.29, 1.82) is 0 Å². The molecule has 1 heterocycles. The molecule has 1 aliphatic heterocycles. The fourth-order valence-corrected chi connectivity index (χ4v) is 4.50. The number of allylic oxidation sites excluding steroid dienone is 7. The zero-order chi connectivity index (χ0) is 25.2. The minimum atomic E-state index is -0.810. The fourth-order valence-electron chi connectivity index (χ4n) is 4.50. The van der Waals surface area contributed by atoms with Crippen LogP contribution in [0, 0.1) is 5.92 Å². The Morgan fingerprint density at radius 1 is 1.06 bits per heavy atom. The quantitative estimate of drug-likeness (QED) is 0.532. The molecule has 1 aromatic rings. The molecular weight excluding hydrogens is 442 g/mol. The number of Topliss-reactive ketones (excluding diaryl/α,β-unsaturated/α-hetero) is 1. The van der Waals surface area contributed by atoms with Crippen LogP contribution in [0.5, 0.6) is 0 Å². The molecule has 0 spiro atoms. The molecule has 0 radical (unpaired) electrons. The molecule has 2 aliphatic rings. The third-order valence-electron chi connectivity index (χ3n) is 6.33. The van der Waals surface area contributed by atoms with E-state index in [2.05, 4.69) is 5.32 Å². The van der Waals surface area contributed by atoms with E-state index in [4.69, 9.17) is 4.74 Å². The van der Waals surface area contributed by atoms with Gasteiger partial charge in [-0.2, -0.15) is 0 Å². The minimum absolute atomic E-state index is 0.0444. The minimum Gasteiger partial charge on any atom is -0.509 e. The first kappa shape index (κ1) is 26.4. The van der Waals surface area contributed by atoms with E-state index in [1.165, 1.54) is 13.2 Å². The van der Waals surface area contributed by atoms with Gasteiger partial charge in [0.2, 0.25) is 5.91 Å². The Morgan fingerprint density at radius 2 is 1.80 bits per heavy atom. The summed E-state index contributed by atoms with van der Waals surface area (Å²) in [6, 6.07) is 9.61. The molecule has 6 nitrogen and oxygen atoms in total. The molecule has 1 aliphatic carbocycles. The maximum Gasteiger partial charge on any atom is 0.244 e. The molecule has 3 rings (SSSR count). The molecule has 0 bridgehead atoms. The Kier molecular flexibility index (Phi) is 9.82. The van der Waals surface area contributed by atoms with Crippen LogP contribution in [0.25, 0.3) is 0 Å². The number of benzene rings is 1. The number of ketones is 1. The number of amides is 1. The molecule has 1 aromatic carbocycles. The van der Waals surface area contributed by atoms with Crippen molar-refractivity contribution in [1.82, 2.24) is 5.32 Å². The SMILES string of the molecule is CO[C@@H]1C[C@@H]2/C=C(C)/C=C/C=C\C(=O)N[C@@H](c3ccccc3)C/C=C/CC[C@H](O)CC(=O)C2=C1O. The highest BCUT2D eigenvalue weighted by Crippen LogP contribution is 2.36. The van der Waals surface area contributed by atoms with Crippen molar-refractivity contribution in [3.8, 4) is 0 Å². The highest BCUT2D eigenvalue weighted by Gasteiger charge is 2.36. The third-order valence-corrected chi connectivity index (χ3v) is 6.33. The predicted octanol–water partition coefficient (Wildman–Crippen LogP) is 4.81. The largest absolute Gasteiger partial charge is 0.509 e. The van der Waals surface area contributed by atoms with Crippen LogP contribution in [0.15, 0.2) is 89.8 Å². The average molecular weight is 478 g/mol. The van der Waals surface area contributed by atoms with E-state index in [1.807, 2.05) is 61.6 Å². The van der Waals surface area contributed by atoms with Gasteiger partial charge in [-0.15, -0.1) is 0 Å². The van der Waals surface area contributed by atoms with E-state index in [-0.39, 0.29) is 35.8 Å². The number of nitrogens with one attached hydrogen (secondary N) is 1. The second-order valence-corrected chi connectivity index (χ2v) is 9.03. The summed E-state index contributed by atoms with van der Waals surface area (Å²) in [5.74, 6) is -0.790. The van der Waals surface area contributed by atoms with Gasteiger partial charge in [0.05, 0.1) is 12.1 Å². The van der Waals surface area contributed by atoms with Crippen molar-refractivity contribution in [3.63, 3.8) is 0 Å². The van der Waals surface area contributed by atoms with Crippen molar-refractivity contribution in [2.75, 3.05) is 7.11 Å². The smallest absolute Gasteiger partial charge is 0.244 e. The van der Waals surface area contributed by atoms with Gasteiger partial charge in [0.25, 0.3) is 0 Å². The van der Waals surface area contributed by atoms with E-state index in [0.29, 0.717) is 31.3 Å². The Bertz CT molecular complexity index is 1030. The first-order valence-corrected chi connectivity index (χ1v) is 12.1. The first-order chi connectivity index (χ1) is 16.9. The monoisotopic (exact) mass is 477 g/mol.